The van der Waals surface area contributed by atoms with E-state index in [9.17, 15) is 5.11 Å². The highest BCUT2D eigenvalue weighted by atomic mass is 32.1. The maximum absolute atomic E-state index is 9.54. The number of aliphatic hydroxyl groups excluding tert-OH is 1. The molecule has 1 aliphatic heterocycles. The number of rotatable bonds is 7. The van der Waals surface area contributed by atoms with E-state index in [4.69, 9.17) is 4.42 Å². The molecule has 6 heteroatoms. The summed E-state index contributed by atoms with van der Waals surface area (Å²) in [6.45, 7) is 6.87. The molecule has 148 valence electrons. The lowest BCUT2D eigenvalue weighted by Crippen LogP contribution is -2.52. The summed E-state index contributed by atoms with van der Waals surface area (Å²) in [5.74, 6) is 1.95. The fraction of sp³-hybridized carbons (Fsp3) is 0.409. The van der Waals surface area contributed by atoms with Gasteiger partial charge in [0.1, 0.15) is 16.5 Å². The first kappa shape index (κ1) is 19.3. The predicted octanol–water partition coefficient (Wildman–Crippen LogP) is 3.78. The van der Waals surface area contributed by atoms with Crippen molar-refractivity contribution in [2.45, 2.75) is 32.5 Å². The molecule has 4 rings (SSSR count). The molecule has 0 saturated carbocycles. The zero-order chi connectivity index (χ0) is 19.3. The van der Waals surface area contributed by atoms with Gasteiger partial charge in [0.2, 0.25) is 0 Å². The van der Waals surface area contributed by atoms with Crippen molar-refractivity contribution >= 4 is 11.3 Å². The van der Waals surface area contributed by atoms with Crippen LogP contribution >= 0.6 is 11.3 Å². The molecule has 1 aromatic carbocycles. The molecule has 3 heterocycles. The minimum atomic E-state index is 0.213. The van der Waals surface area contributed by atoms with Crippen molar-refractivity contribution in [1.82, 2.24) is 14.8 Å². The molecule has 1 aliphatic rings. The van der Waals surface area contributed by atoms with Crippen LogP contribution in [0.3, 0.4) is 0 Å². The number of aryl methyl sites for hydroxylation is 1. The summed E-state index contributed by atoms with van der Waals surface area (Å²) in [6.07, 6.45) is 2.79. The zero-order valence-electron chi connectivity index (χ0n) is 16.3. The molecule has 0 amide bonds. The molecule has 28 heavy (non-hydrogen) atoms. The number of aromatic nitrogens is 1. The number of benzene rings is 1. The smallest absolute Gasteiger partial charge is 0.123 e. The topological polar surface area (TPSA) is 52.7 Å². The Morgan fingerprint density at radius 1 is 1.14 bits per heavy atom. The van der Waals surface area contributed by atoms with Gasteiger partial charge in [0.25, 0.3) is 0 Å². The molecule has 1 atom stereocenters. The van der Waals surface area contributed by atoms with Gasteiger partial charge >= 0.3 is 0 Å². The van der Waals surface area contributed by atoms with Crippen LogP contribution < -0.4 is 0 Å². The Labute approximate surface area is 170 Å². The number of furan rings is 1. The summed E-state index contributed by atoms with van der Waals surface area (Å²) in [4.78, 5) is 10.8. The summed E-state index contributed by atoms with van der Waals surface area (Å²) >= 11 is 1.77. The Bertz CT molecular complexity index is 877. The largest absolute Gasteiger partial charge is 0.465 e. The molecule has 2 aromatic heterocycles. The summed E-state index contributed by atoms with van der Waals surface area (Å²) < 4.78 is 5.76. The van der Waals surface area contributed by atoms with Gasteiger partial charge in [0.05, 0.1) is 6.54 Å². The second-order valence-corrected chi connectivity index (χ2v) is 8.50. The van der Waals surface area contributed by atoms with E-state index < -0.39 is 0 Å². The van der Waals surface area contributed by atoms with Crippen molar-refractivity contribution in [2.24, 2.45) is 0 Å². The fourth-order valence-electron chi connectivity index (χ4n) is 3.82. The lowest BCUT2D eigenvalue weighted by Gasteiger charge is -2.40. The first-order valence-corrected chi connectivity index (χ1v) is 10.7. The Balaban J connectivity index is 1.38. The maximum Gasteiger partial charge on any atom is 0.123 e. The summed E-state index contributed by atoms with van der Waals surface area (Å²) in [5, 5.41) is 10.6. The molecule has 0 bridgehead atoms. The van der Waals surface area contributed by atoms with Gasteiger partial charge in [-0.05, 0) is 25.5 Å². The molecule has 1 fully saturated rings. The van der Waals surface area contributed by atoms with Gasteiger partial charge in [-0.3, -0.25) is 9.80 Å². The van der Waals surface area contributed by atoms with Gasteiger partial charge in [0.15, 0.2) is 0 Å². The number of thiazole rings is 1. The van der Waals surface area contributed by atoms with Crippen LogP contribution in [0.1, 0.15) is 22.8 Å². The Kier molecular flexibility index (Phi) is 6.22. The van der Waals surface area contributed by atoms with Crippen LogP contribution in [0.2, 0.25) is 0 Å². The number of piperazine rings is 1. The van der Waals surface area contributed by atoms with Crippen molar-refractivity contribution in [1.29, 1.82) is 0 Å². The number of nitrogens with zero attached hydrogens (tertiary/aromatic N) is 3. The third kappa shape index (κ3) is 4.70. The molecule has 5 nitrogen and oxygen atoms in total. The van der Waals surface area contributed by atoms with Gasteiger partial charge in [-0.15, -0.1) is 11.3 Å². The van der Waals surface area contributed by atoms with Crippen molar-refractivity contribution in [3.63, 3.8) is 0 Å². The van der Waals surface area contributed by atoms with Crippen molar-refractivity contribution in [3.05, 3.63) is 65.1 Å². The van der Waals surface area contributed by atoms with Gasteiger partial charge in [-0.25, -0.2) is 4.98 Å². The second kappa shape index (κ2) is 9.01. The lowest BCUT2D eigenvalue weighted by molar-refractivity contribution is 0.0458. The van der Waals surface area contributed by atoms with E-state index >= 15 is 0 Å². The normalized spacial score (nSPS) is 18.6. The fourth-order valence-corrected chi connectivity index (χ4v) is 4.78. The van der Waals surface area contributed by atoms with Crippen LogP contribution in [-0.2, 0) is 13.1 Å². The minimum Gasteiger partial charge on any atom is -0.465 e. The highest BCUT2D eigenvalue weighted by molar-refractivity contribution is 7.15. The molecule has 3 aromatic rings. The number of aliphatic hydroxyl groups is 1. The maximum atomic E-state index is 9.54. The number of hydrogen-bond acceptors (Lipinski definition) is 6. The summed E-state index contributed by atoms with van der Waals surface area (Å²) in [7, 11) is 0. The van der Waals surface area contributed by atoms with E-state index in [1.807, 2.05) is 25.3 Å². The quantitative estimate of drug-likeness (QED) is 0.658. The minimum absolute atomic E-state index is 0.213. The van der Waals surface area contributed by atoms with Gasteiger partial charge < -0.3 is 9.52 Å². The lowest BCUT2D eigenvalue weighted by atomic mass is 10.1. The Hall–Kier alpha value is -1.99. The van der Waals surface area contributed by atoms with Crippen LogP contribution in [0, 0.1) is 6.92 Å². The van der Waals surface area contributed by atoms with Crippen molar-refractivity contribution < 1.29 is 9.52 Å². The van der Waals surface area contributed by atoms with E-state index in [2.05, 4.69) is 45.1 Å². The van der Waals surface area contributed by atoms with E-state index in [1.165, 1.54) is 10.4 Å². The predicted molar refractivity (Wildman–Crippen MR) is 112 cm³/mol. The molecule has 1 N–H and O–H groups in total. The molecule has 0 unspecified atom stereocenters. The summed E-state index contributed by atoms with van der Waals surface area (Å²) in [6, 6.07) is 14.8. The molecular formula is C22H27N3O2S. The second-order valence-electron chi connectivity index (χ2n) is 7.38. The highest BCUT2D eigenvalue weighted by Gasteiger charge is 2.27. The van der Waals surface area contributed by atoms with Crippen LogP contribution in [0.5, 0.6) is 0 Å². The summed E-state index contributed by atoms with van der Waals surface area (Å²) in [5.41, 5.74) is 1.18. The monoisotopic (exact) mass is 397 g/mol. The van der Waals surface area contributed by atoms with Crippen LogP contribution in [0.25, 0.3) is 10.6 Å². The van der Waals surface area contributed by atoms with E-state index in [-0.39, 0.29) is 6.61 Å². The first-order chi connectivity index (χ1) is 13.7. The third-order valence-corrected chi connectivity index (χ3v) is 6.29. The molecule has 0 spiro atoms. The van der Waals surface area contributed by atoms with Crippen molar-refractivity contribution in [2.75, 3.05) is 26.2 Å². The first-order valence-electron chi connectivity index (χ1n) is 9.84. The molecule has 0 aliphatic carbocycles. The van der Waals surface area contributed by atoms with Gasteiger partial charge in [-0.2, -0.15) is 0 Å². The van der Waals surface area contributed by atoms with Crippen LogP contribution in [0.4, 0.5) is 0 Å². The molecule has 1 saturated heterocycles. The van der Waals surface area contributed by atoms with E-state index in [0.717, 1.165) is 55.7 Å². The van der Waals surface area contributed by atoms with Gasteiger partial charge in [-0.1, -0.05) is 30.3 Å². The highest BCUT2D eigenvalue weighted by Crippen LogP contribution is 2.27. The molecule has 0 radical (unpaired) electrons. The SMILES string of the molecule is Cc1ccc(CN2CCN(Cc3cnc(-c4ccccc4)s3)C[C@@H]2CCO)o1. The van der Waals surface area contributed by atoms with E-state index in [0.29, 0.717) is 6.04 Å². The van der Waals surface area contributed by atoms with Crippen molar-refractivity contribution in [3.8, 4) is 10.6 Å². The standard InChI is InChI=1S/C22H27N3O2S/c1-17-7-8-20(27-17)15-25-11-10-24(14-19(25)9-12-26)16-21-13-23-22(28-21)18-5-3-2-4-6-18/h2-8,13,19,26H,9-12,14-16H2,1H3/t19-/m0/s1. The molecular weight excluding hydrogens is 370 g/mol. The average Bonchev–Trinajstić information content (AvgIpc) is 3.34. The van der Waals surface area contributed by atoms with Gasteiger partial charge in [0, 0.05) is 55.5 Å². The van der Waals surface area contributed by atoms with E-state index in [1.54, 1.807) is 11.3 Å². The Morgan fingerprint density at radius 3 is 2.75 bits per heavy atom. The average molecular weight is 398 g/mol. The number of hydrogen-bond donors (Lipinski definition) is 1. The van der Waals surface area contributed by atoms with Crippen LogP contribution in [-0.4, -0.2) is 52.2 Å². The zero-order valence-corrected chi connectivity index (χ0v) is 17.1. The third-order valence-electron chi connectivity index (χ3n) is 5.26. The van der Waals surface area contributed by atoms with Crippen LogP contribution in [0.15, 0.2) is 53.1 Å². The Morgan fingerprint density at radius 2 is 2.00 bits per heavy atom.